The Balaban J connectivity index is 2.67. The van der Waals surface area contributed by atoms with Crippen molar-refractivity contribution in [2.45, 2.75) is 39.4 Å². The van der Waals surface area contributed by atoms with Crippen LogP contribution in [0.15, 0.2) is 29.3 Å². The molecule has 0 radical (unpaired) electrons. The van der Waals surface area contributed by atoms with Gasteiger partial charge in [-0.1, -0.05) is 19.1 Å². The molecule has 140 valence electrons. The summed E-state index contributed by atoms with van der Waals surface area (Å²) in [6.45, 7) is 4.97. The quantitative estimate of drug-likeness (QED) is 0.495. The molecule has 0 heterocycles. The maximum Gasteiger partial charge on any atom is 0.390 e. The van der Waals surface area contributed by atoms with E-state index in [-0.39, 0.29) is 19.0 Å². The fourth-order valence-electron chi connectivity index (χ4n) is 1.99. The van der Waals surface area contributed by atoms with Crippen molar-refractivity contribution in [3.8, 4) is 0 Å². The summed E-state index contributed by atoms with van der Waals surface area (Å²) in [5.41, 5.74) is 1.34. The number of benzene rings is 1. The molecule has 1 aromatic rings. The molecule has 0 aliphatic rings. The Bertz CT molecular complexity index is 573. The van der Waals surface area contributed by atoms with E-state index in [2.05, 4.69) is 20.9 Å². The van der Waals surface area contributed by atoms with Crippen LogP contribution in [0.1, 0.15) is 42.6 Å². The predicted molar refractivity (Wildman–Crippen MR) is 92.6 cm³/mol. The van der Waals surface area contributed by atoms with Gasteiger partial charge < -0.3 is 16.0 Å². The van der Waals surface area contributed by atoms with Gasteiger partial charge in [0.25, 0.3) is 5.91 Å². The summed E-state index contributed by atoms with van der Waals surface area (Å²) in [5.74, 6) is 0.162. The Morgan fingerprint density at radius 1 is 1.12 bits per heavy atom. The summed E-state index contributed by atoms with van der Waals surface area (Å²) in [6.07, 6.45) is -4.28. The minimum atomic E-state index is -4.20. The van der Waals surface area contributed by atoms with Crippen molar-refractivity contribution < 1.29 is 18.0 Å². The SMILES string of the molecule is CCCNC(=O)c1cccc(CN=C(NCC)NCCC(F)(F)F)c1. The van der Waals surface area contributed by atoms with Crippen molar-refractivity contribution >= 4 is 11.9 Å². The molecule has 0 saturated carbocycles. The van der Waals surface area contributed by atoms with Crippen molar-refractivity contribution in [2.75, 3.05) is 19.6 Å². The molecule has 0 fully saturated rings. The highest BCUT2D eigenvalue weighted by Crippen LogP contribution is 2.18. The maximum atomic E-state index is 12.2. The van der Waals surface area contributed by atoms with Crippen LogP contribution in [0.25, 0.3) is 0 Å². The Kier molecular flexibility index (Phi) is 8.80. The number of nitrogens with zero attached hydrogens (tertiary/aromatic N) is 1. The molecule has 0 aliphatic carbocycles. The summed E-state index contributed by atoms with van der Waals surface area (Å²) in [7, 11) is 0. The first kappa shape index (κ1) is 20.8. The van der Waals surface area contributed by atoms with E-state index in [4.69, 9.17) is 0 Å². The molecule has 8 heteroatoms. The van der Waals surface area contributed by atoms with Crippen molar-refractivity contribution in [1.82, 2.24) is 16.0 Å². The number of hydrogen-bond acceptors (Lipinski definition) is 2. The van der Waals surface area contributed by atoms with Crippen LogP contribution >= 0.6 is 0 Å². The number of amides is 1. The molecule has 0 aliphatic heterocycles. The normalized spacial score (nSPS) is 12.0. The zero-order chi connectivity index (χ0) is 18.7. The number of alkyl halides is 3. The number of halogens is 3. The lowest BCUT2D eigenvalue weighted by Gasteiger charge is -2.12. The number of guanidine groups is 1. The molecule has 0 saturated heterocycles. The fourth-order valence-corrected chi connectivity index (χ4v) is 1.99. The van der Waals surface area contributed by atoms with Crippen LogP contribution in [0.2, 0.25) is 0 Å². The topological polar surface area (TPSA) is 65.5 Å². The Morgan fingerprint density at radius 3 is 2.52 bits per heavy atom. The molecule has 3 N–H and O–H groups in total. The van der Waals surface area contributed by atoms with Gasteiger partial charge in [-0.3, -0.25) is 4.79 Å². The first-order valence-electron chi connectivity index (χ1n) is 8.31. The monoisotopic (exact) mass is 358 g/mol. The van der Waals surface area contributed by atoms with E-state index in [1.807, 2.05) is 19.9 Å². The zero-order valence-electron chi connectivity index (χ0n) is 14.5. The second-order valence-electron chi connectivity index (χ2n) is 5.44. The lowest BCUT2D eigenvalue weighted by Crippen LogP contribution is -2.38. The van der Waals surface area contributed by atoms with Gasteiger partial charge in [0.1, 0.15) is 0 Å². The molecular weight excluding hydrogens is 333 g/mol. The third-order valence-electron chi connectivity index (χ3n) is 3.19. The molecule has 0 atom stereocenters. The van der Waals surface area contributed by atoms with Gasteiger partial charge in [0.2, 0.25) is 0 Å². The maximum absolute atomic E-state index is 12.2. The van der Waals surface area contributed by atoms with Crippen molar-refractivity contribution in [3.63, 3.8) is 0 Å². The molecule has 0 bridgehead atoms. The summed E-state index contributed by atoms with van der Waals surface area (Å²) >= 11 is 0. The number of carbonyl (C=O) groups excluding carboxylic acids is 1. The fraction of sp³-hybridized carbons (Fsp3) is 0.529. The zero-order valence-corrected chi connectivity index (χ0v) is 14.5. The van der Waals surface area contributed by atoms with Gasteiger partial charge in [0.15, 0.2) is 5.96 Å². The third kappa shape index (κ3) is 8.97. The van der Waals surface area contributed by atoms with Crippen LogP contribution in [-0.2, 0) is 6.54 Å². The van der Waals surface area contributed by atoms with Crippen LogP contribution in [0.3, 0.4) is 0 Å². The van der Waals surface area contributed by atoms with Crippen molar-refractivity contribution in [1.29, 1.82) is 0 Å². The predicted octanol–water partition coefficient (Wildman–Crippen LogP) is 2.83. The largest absolute Gasteiger partial charge is 0.390 e. The summed E-state index contributed by atoms with van der Waals surface area (Å²) in [4.78, 5) is 16.2. The number of carbonyl (C=O) groups is 1. The molecule has 1 aromatic carbocycles. The second-order valence-corrected chi connectivity index (χ2v) is 5.44. The van der Waals surface area contributed by atoms with Gasteiger partial charge in [0, 0.05) is 25.2 Å². The van der Waals surface area contributed by atoms with E-state index in [0.29, 0.717) is 24.6 Å². The lowest BCUT2D eigenvalue weighted by atomic mass is 10.1. The van der Waals surface area contributed by atoms with E-state index < -0.39 is 12.6 Å². The van der Waals surface area contributed by atoms with E-state index in [0.717, 1.165) is 12.0 Å². The Morgan fingerprint density at radius 2 is 1.88 bits per heavy atom. The number of nitrogens with one attached hydrogen (secondary N) is 3. The lowest BCUT2D eigenvalue weighted by molar-refractivity contribution is -0.132. The van der Waals surface area contributed by atoms with Crippen LogP contribution in [0, 0.1) is 0 Å². The molecule has 0 unspecified atom stereocenters. The van der Waals surface area contributed by atoms with Gasteiger partial charge >= 0.3 is 6.18 Å². The standard InChI is InChI=1S/C17H25F3N4O/c1-3-9-22-15(25)14-7-5-6-13(11-14)12-24-16(21-4-2)23-10-8-17(18,19)20/h5-7,11H,3-4,8-10,12H2,1-2H3,(H,22,25)(H2,21,23,24). The van der Waals surface area contributed by atoms with Gasteiger partial charge in [-0.05, 0) is 31.0 Å². The van der Waals surface area contributed by atoms with Gasteiger partial charge in [0.05, 0.1) is 13.0 Å². The number of rotatable bonds is 8. The van der Waals surface area contributed by atoms with Gasteiger partial charge in [-0.25, -0.2) is 4.99 Å². The highest BCUT2D eigenvalue weighted by molar-refractivity contribution is 5.94. The van der Waals surface area contributed by atoms with Crippen LogP contribution in [0.5, 0.6) is 0 Å². The van der Waals surface area contributed by atoms with Gasteiger partial charge in [-0.15, -0.1) is 0 Å². The summed E-state index contributed by atoms with van der Waals surface area (Å²) in [5, 5.41) is 8.35. The Labute approximate surface area is 146 Å². The average Bonchev–Trinajstić information content (AvgIpc) is 2.56. The molecule has 1 amide bonds. The van der Waals surface area contributed by atoms with Crippen LogP contribution < -0.4 is 16.0 Å². The van der Waals surface area contributed by atoms with Crippen LogP contribution in [-0.4, -0.2) is 37.7 Å². The van der Waals surface area contributed by atoms with Crippen molar-refractivity contribution in [2.24, 2.45) is 4.99 Å². The Hall–Kier alpha value is -2.25. The van der Waals surface area contributed by atoms with E-state index in [9.17, 15) is 18.0 Å². The average molecular weight is 358 g/mol. The number of hydrogen-bond donors (Lipinski definition) is 3. The van der Waals surface area contributed by atoms with Gasteiger partial charge in [-0.2, -0.15) is 13.2 Å². The molecule has 0 aromatic heterocycles. The van der Waals surface area contributed by atoms with E-state index in [1.165, 1.54) is 0 Å². The molecule has 25 heavy (non-hydrogen) atoms. The minimum absolute atomic E-state index is 0.150. The molecule has 1 rings (SSSR count). The summed E-state index contributed by atoms with van der Waals surface area (Å²) < 4.78 is 36.6. The molecule has 0 spiro atoms. The van der Waals surface area contributed by atoms with Crippen molar-refractivity contribution in [3.05, 3.63) is 35.4 Å². The van der Waals surface area contributed by atoms with Crippen LogP contribution in [0.4, 0.5) is 13.2 Å². The minimum Gasteiger partial charge on any atom is -0.357 e. The molecule has 5 nitrogen and oxygen atoms in total. The summed E-state index contributed by atoms with van der Waals surface area (Å²) in [6, 6.07) is 7.02. The highest BCUT2D eigenvalue weighted by Gasteiger charge is 2.26. The highest BCUT2D eigenvalue weighted by atomic mass is 19.4. The second kappa shape index (κ2) is 10.6. The third-order valence-corrected chi connectivity index (χ3v) is 3.19. The first-order chi connectivity index (χ1) is 11.9. The van der Waals surface area contributed by atoms with E-state index >= 15 is 0 Å². The first-order valence-corrected chi connectivity index (χ1v) is 8.31. The smallest absolute Gasteiger partial charge is 0.357 e. The van der Waals surface area contributed by atoms with E-state index in [1.54, 1.807) is 18.2 Å². The number of aliphatic imine (C=N–C) groups is 1. The molecular formula is C17H25F3N4O.